The van der Waals surface area contributed by atoms with Gasteiger partial charge in [-0.05, 0) is 17.7 Å². The van der Waals surface area contributed by atoms with Gasteiger partial charge in [-0.3, -0.25) is 15.2 Å². The summed E-state index contributed by atoms with van der Waals surface area (Å²) in [6.45, 7) is 7.82. The van der Waals surface area contributed by atoms with Crippen LogP contribution in [0.25, 0.3) is 10.5 Å². The molecule has 0 radical (unpaired) electrons. The number of methoxy groups -OCH3 is 1. The lowest BCUT2D eigenvalue weighted by molar-refractivity contribution is -0.385. The van der Waals surface area contributed by atoms with Crippen molar-refractivity contribution in [2.75, 3.05) is 12.4 Å². The van der Waals surface area contributed by atoms with E-state index in [2.05, 4.69) is 20.4 Å². The van der Waals surface area contributed by atoms with Gasteiger partial charge in [0, 0.05) is 22.9 Å². The van der Waals surface area contributed by atoms with Gasteiger partial charge in [0.25, 0.3) is 5.69 Å². The Labute approximate surface area is 160 Å². The number of nitro benzene ring substituents is 1. The van der Waals surface area contributed by atoms with Crippen LogP contribution in [0.3, 0.4) is 0 Å². The molecule has 0 aliphatic carbocycles. The summed E-state index contributed by atoms with van der Waals surface area (Å²) in [7, 11) is 1.57. The molecule has 2 N–H and O–H groups in total. The number of para-hydroxylation sites is 1. The highest BCUT2D eigenvalue weighted by Crippen LogP contribution is 2.46. The molecule has 2 aromatic carbocycles. The van der Waals surface area contributed by atoms with E-state index in [1.165, 1.54) is 6.07 Å². The Hall–Kier alpha value is -4.12. The van der Waals surface area contributed by atoms with Crippen molar-refractivity contribution in [3.05, 3.63) is 98.6 Å². The molecule has 138 valence electrons. The maximum atomic E-state index is 11.6. The van der Waals surface area contributed by atoms with Crippen LogP contribution < -0.4 is 10.1 Å². The van der Waals surface area contributed by atoms with E-state index in [1.807, 2.05) is 24.3 Å². The Bertz CT molecular complexity index is 1140. The van der Waals surface area contributed by atoms with E-state index < -0.39 is 10.8 Å². The van der Waals surface area contributed by atoms with E-state index in [0.717, 1.165) is 5.56 Å². The van der Waals surface area contributed by atoms with Crippen LogP contribution in [0.15, 0.2) is 60.4 Å². The molecule has 1 aliphatic heterocycles. The molecule has 0 saturated heterocycles. The number of rotatable bonds is 4. The zero-order valence-electron chi connectivity index (χ0n) is 14.8. The number of ether oxygens (including phenoxy) is 1. The fourth-order valence-corrected chi connectivity index (χ4v) is 3.43. The second kappa shape index (κ2) is 6.89. The summed E-state index contributed by atoms with van der Waals surface area (Å²) in [5.41, 5.74) is 2.77. The predicted octanol–water partition coefficient (Wildman–Crippen LogP) is 4.17. The highest BCUT2D eigenvalue weighted by Gasteiger charge is 2.35. The molecule has 1 aromatic heterocycles. The monoisotopic (exact) mass is 373 g/mol. The molecule has 1 unspecified atom stereocenters. The molecule has 1 aliphatic rings. The molecule has 3 aromatic rings. The van der Waals surface area contributed by atoms with Crippen LogP contribution in [-0.4, -0.2) is 22.2 Å². The number of aromatic nitrogens is 2. The molecule has 0 saturated carbocycles. The van der Waals surface area contributed by atoms with Crippen LogP contribution in [0, 0.1) is 16.7 Å². The maximum absolute atomic E-state index is 11.6. The van der Waals surface area contributed by atoms with Gasteiger partial charge in [-0.2, -0.15) is 5.10 Å². The molecule has 0 fully saturated rings. The van der Waals surface area contributed by atoms with Gasteiger partial charge in [0.1, 0.15) is 11.6 Å². The number of benzene rings is 2. The largest absolute Gasteiger partial charge is 0.497 e. The molecule has 2 heterocycles. The topological polar surface area (TPSA) is 97.4 Å². The summed E-state index contributed by atoms with van der Waals surface area (Å²) in [4.78, 5) is 14.9. The first kappa shape index (κ1) is 17.3. The first-order valence-electron chi connectivity index (χ1n) is 8.43. The van der Waals surface area contributed by atoms with Gasteiger partial charge in [-0.25, -0.2) is 4.85 Å². The van der Waals surface area contributed by atoms with E-state index in [1.54, 1.807) is 31.5 Å². The fraction of sp³-hybridized carbons (Fsp3) is 0.100. The third-order valence-corrected chi connectivity index (χ3v) is 4.68. The summed E-state index contributed by atoms with van der Waals surface area (Å²) in [6, 6.07) is 13.8. The Morgan fingerprint density at radius 1 is 1.21 bits per heavy atom. The molecule has 0 spiro atoms. The predicted molar refractivity (Wildman–Crippen MR) is 104 cm³/mol. The lowest BCUT2D eigenvalue weighted by atomic mass is 9.84. The SMILES string of the molecule is [C-]#[N+]C1=C(c2cccc(OC)c2)Nc2[nH]ncc2C1c1ccccc1[N+](=O)[O-]. The van der Waals surface area contributed by atoms with Gasteiger partial charge in [0.2, 0.25) is 5.70 Å². The Balaban J connectivity index is 1.98. The van der Waals surface area contributed by atoms with Gasteiger partial charge in [0.15, 0.2) is 0 Å². The van der Waals surface area contributed by atoms with Crippen molar-refractivity contribution < 1.29 is 9.66 Å². The highest BCUT2D eigenvalue weighted by molar-refractivity contribution is 5.86. The number of anilines is 1. The quantitative estimate of drug-likeness (QED) is 0.406. The van der Waals surface area contributed by atoms with Gasteiger partial charge >= 0.3 is 0 Å². The minimum absolute atomic E-state index is 0.0345. The number of fused-ring (bicyclic) bond motifs is 1. The molecular formula is C20H15N5O3. The van der Waals surface area contributed by atoms with Crippen molar-refractivity contribution in [3.63, 3.8) is 0 Å². The van der Waals surface area contributed by atoms with Crippen molar-refractivity contribution in [2.45, 2.75) is 5.92 Å². The summed E-state index contributed by atoms with van der Waals surface area (Å²) in [5.74, 6) is 0.637. The molecular weight excluding hydrogens is 358 g/mol. The second-order valence-electron chi connectivity index (χ2n) is 6.18. The standard InChI is InChI=1S/C20H15N5O3/c1-21-19-17(14-8-3-4-9-16(14)25(26)27)15-11-22-24-20(15)23-18(19)12-6-5-7-13(10-12)28-2/h3-11,17H,2H3,(H2,22,23,24). The second-order valence-corrected chi connectivity index (χ2v) is 6.18. The van der Waals surface area contributed by atoms with Gasteiger partial charge < -0.3 is 10.1 Å². The van der Waals surface area contributed by atoms with Crippen LogP contribution in [-0.2, 0) is 0 Å². The van der Waals surface area contributed by atoms with E-state index in [4.69, 9.17) is 11.3 Å². The average Bonchev–Trinajstić information content (AvgIpc) is 3.20. The third-order valence-electron chi connectivity index (χ3n) is 4.68. The zero-order chi connectivity index (χ0) is 19.7. The van der Waals surface area contributed by atoms with Crippen molar-refractivity contribution in [1.82, 2.24) is 10.2 Å². The lowest BCUT2D eigenvalue weighted by Gasteiger charge is -2.26. The van der Waals surface area contributed by atoms with Gasteiger partial charge in [-0.15, -0.1) is 0 Å². The Morgan fingerprint density at radius 3 is 2.79 bits per heavy atom. The number of aromatic amines is 1. The van der Waals surface area contributed by atoms with Crippen molar-refractivity contribution in [3.8, 4) is 5.75 Å². The number of nitrogens with zero attached hydrogens (tertiary/aromatic N) is 3. The Morgan fingerprint density at radius 2 is 2.04 bits per heavy atom. The van der Waals surface area contributed by atoms with E-state index in [0.29, 0.717) is 34.1 Å². The molecule has 8 heteroatoms. The number of nitrogens with one attached hydrogen (secondary N) is 2. The Kier molecular flexibility index (Phi) is 4.26. The van der Waals surface area contributed by atoms with Crippen LogP contribution in [0.5, 0.6) is 5.75 Å². The molecule has 0 amide bonds. The van der Waals surface area contributed by atoms with E-state index >= 15 is 0 Å². The first-order valence-corrected chi connectivity index (χ1v) is 8.43. The summed E-state index contributed by atoms with van der Waals surface area (Å²) in [5, 5.41) is 21.8. The zero-order valence-corrected chi connectivity index (χ0v) is 14.8. The summed E-state index contributed by atoms with van der Waals surface area (Å²) >= 11 is 0. The molecule has 0 bridgehead atoms. The van der Waals surface area contributed by atoms with Crippen LogP contribution in [0.2, 0.25) is 0 Å². The number of allylic oxidation sites excluding steroid dienone is 1. The molecule has 28 heavy (non-hydrogen) atoms. The smallest absolute Gasteiger partial charge is 0.272 e. The first-order chi connectivity index (χ1) is 13.6. The van der Waals surface area contributed by atoms with Gasteiger partial charge in [0.05, 0.1) is 30.7 Å². The number of hydrogen-bond donors (Lipinski definition) is 2. The van der Waals surface area contributed by atoms with Crippen molar-refractivity contribution in [2.24, 2.45) is 0 Å². The number of hydrogen-bond acceptors (Lipinski definition) is 5. The summed E-state index contributed by atoms with van der Waals surface area (Å²) < 4.78 is 5.29. The molecule has 4 rings (SSSR count). The number of nitro groups is 1. The van der Waals surface area contributed by atoms with E-state index in [9.17, 15) is 10.1 Å². The van der Waals surface area contributed by atoms with Crippen LogP contribution in [0.1, 0.15) is 22.6 Å². The molecule has 8 nitrogen and oxygen atoms in total. The minimum Gasteiger partial charge on any atom is -0.497 e. The highest BCUT2D eigenvalue weighted by atomic mass is 16.6. The lowest BCUT2D eigenvalue weighted by Crippen LogP contribution is -2.17. The number of H-pyrrole nitrogens is 1. The van der Waals surface area contributed by atoms with Crippen molar-refractivity contribution in [1.29, 1.82) is 0 Å². The maximum Gasteiger partial charge on any atom is 0.272 e. The third kappa shape index (κ3) is 2.75. The molecule has 1 atom stereocenters. The van der Waals surface area contributed by atoms with Gasteiger partial charge in [-0.1, -0.05) is 30.3 Å². The minimum atomic E-state index is -0.615. The van der Waals surface area contributed by atoms with Crippen molar-refractivity contribution >= 4 is 17.2 Å². The van der Waals surface area contributed by atoms with Crippen LogP contribution in [0.4, 0.5) is 11.5 Å². The average molecular weight is 373 g/mol. The fourth-order valence-electron chi connectivity index (χ4n) is 3.43. The van der Waals surface area contributed by atoms with Crippen LogP contribution >= 0.6 is 0 Å². The van der Waals surface area contributed by atoms with E-state index in [-0.39, 0.29) is 5.69 Å². The summed E-state index contributed by atoms with van der Waals surface area (Å²) in [6.07, 6.45) is 1.59. The normalized spacial score (nSPS) is 15.4.